The molecule has 1 aromatic carbocycles. The van der Waals surface area contributed by atoms with Crippen molar-refractivity contribution in [2.24, 2.45) is 22.4 Å². The van der Waals surface area contributed by atoms with Crippen LogP contribution < -0.4 is 16.0 Å². The molecule has 0 radical (unpaired) electrons. The second-order valence-electron chi connectivity index (χ2n) is 14.9. The first-order chi connectivity index (χ1) is 23.3. The van der Waals surface area contributed by atoms with Crippen LogP contribution in [0, 0.1) is 17.3 Å². The molecule has 4 amide bonds. The summed E-state index contributed by atoms with van der Waals surface area (Å²) in [5.41, 5.74) is 0.482. The Kier molecular flexibility index (Phi) is 9.54. The van der Waals surface area contributed by atoms with E-state index in [4.69, 9.17) is 16.4 Å². The Morgan fingerprint density at radius 2 is 1.84 bits per heavy atom. The fraction of sp³-hybridized carbons (Fsp3) is 0.528. The number of nitrogens with zero attached hydrogens (tertiary/aromatic N) is 3. The number of pyridine rings is 1. The number of likely N-dealkylation sites (tertiary alicyclic amines) is 1. The number of oxime groups is 1. The number of aromatic nitrogens is 1. The number of ketones is 1. The molecule has 1 aromatic heterocycles. The van der Waals surface area contributed by atoms with E-state index in [1.165, 1.54) is 11.9 Å². The van der Waals surface area contributed by atoms with Gasteiger partial charge in [-0.05, 0) is 48.4 Å². The molecule has 1 saturated heterocycles. The summed E-state index contributed by atoms with van der Waals surface area (Å²) in [6.07, 6.45) is 4.89. The van der Waals surface area contributed by atoms with Crippen molar-refractivity contribution in [3.63, 3.8) is 0 Å². The van der Waals surface area contributed by atoms with Gasteiger partial charge < -0.3 is 25.7 Å². The van der Waals surface area contributed by atoms with E-state index in [0.29, 0.717) is 30.0 Å². The number of Topliss-reactive ketones (excluding diaryl/α,β-unsaturated/α-hetero) is 1. The summed E-state index contributed by atoms with van der Waals surface area (Å²) in [6, 6.07) is 9.75. The Labute approximate surface area is 290 Å². The minimum atomic E-state index is -1.05. The van der Waals surface area contributed by atoms with Crippen LogP contribution in [-0.4, -0.2) is 82.3 Å². The molecule has 13 heteroatoms. The van der Waals surface area contributed by atoms with Crippen molar-refractivity contribution in [2.75, 3.05) is 13.6 Å². The Bertz CT molecular complexity index is 1670. The molecule has 1 spiro atoms. The second kappa shape index (κ2) is 13.5. The zero-order valence-electron chi connectivity index (χ0n) is 28.2. The molecule has 12 nitrogen and oxygen atoms in total. The summed E-state index contributed by atoms with van der Waals surface area (Å²) in [6.45, 7) is 5.61. The highest BCUT2D eigenvalue weighted by atomic mass is 35.5. The molecular weight excluding hydrogens is 648 g/mol. The molecule has 0 bridgehead atoms. The molecule has 4 aliphatic rings. The summed E-state index contributed by atoms with van der Waals surface area (Å²) >= 11 is 6.24. The van der Waals surface area contributed by atoms with E-state index in [9.17, 15) is 24.0 Å². The highest BCUT2D eigenvalue weighted by Gasteiger charge is 2.56. The Morgan fingerprint density at radius 3 is 2.49 bits per heavy atom. The van der Waals surface area contributed by atoms with Gasteiger partial charge in [0.25, 0.3) is 5.91 Å². The average molecular weight is 691 g/mol. The van der Waals surface area contributed by atoms with Gasteiger partial charge in [-0.2, -0.15) is 0 Å². The summed E-state index contributed by atoms with van der Waals surface area (Å²) in [5, 5.41) is 13.1. The fourth-order valence-electron chi connectivity index (χ4n) is 6.89. The van der Waals surface area contributed by atoms with Gasteiger partial charge in [0.05, 0.1) is 18.3 Å². The predicted molar refractivity (Wildman–Crippen MR) is 181 cm³/mol. The number of hydrogen-bond donors (Lipinski definition) is 3. The third-order valence-corrected chi connectivity index (χ3v) is 10.2. The maximum Gasteiger partial charge on any atom is 0.289 e. The van der Waals surface area contributed by atoms with Crippen molar-refractivity contribution < 1.29 is 28.8 Å². The van der Waals surface area contributed by atoms with Crippen LogP contribution in [0.5, 0.6) is 0 Å². The number of rotatable bonds is 11. The average Bonchev–Trinajstić information content (AvgIpc) is 4.00. The molecule has 260 valence electrons. The summed E-state index contributed by atoms with van der Waals surface area (Å²) < 4.78 is 0. The van der Waals surface area contributed by atoms with Gasteiger partial charge in [-0.15, -0.1) is 0 Å². The lowest BCUT2D eigenvalue weighted by Gasteiger charge is -2.35. The van der Waals surface area contributed by atoms with Crippen molar-refractivity contribution in [1.29, 1.82) is 0 Å². The number of benzene rings is 1. The van der Waals surface area contributed by atoms with Crippen molar-refractivity contribution in [2.45, 2.75) is 88.9 Å². The molecule has 3 heterocycles. The number of hydrogen-bond acceptors (Lipinski definition) is 8. The van der Waals surface area contributed by atoms with E-state index in [2.05, 4.69) is 26.1 Å². The lowest BCUT2D eigenvalue weighted by atomic mass is 9.85. The number of likely N-dealkylation sites (N-methyl/N-ethyl adjacent to an activating group) is 1. The van der Waals surface area contributed by atoms with Gasteiger partial charge in [0.15, 0.2) is 5.60 Å². The fourth-order valence-corrected chi connectivity index (χ4v) is 7.08. The first kappa shape index (κ1) is 34.5. The lowest BCUT2D eigenvalue weighted by Crippen LogP contribution is -2.59. The maximum atomic E-state index is 14.6. The number of amides is 4. The molecule has 6 atom stereocenters. The first-order valence-corrected chi connectivity index (χ1v) is 17.3. The van der Waals surface area contributed by atoms with E-state index in [0.717, 1.165) is 24.1 Å². The van der Waals surface area contributed by atoms with E-state index in [1.807, 2.05) is 51.1 Å². The smallest absolute Gasteiger partial charge is 0.289 e. The van der Waals surface area contributed by atoms with Gasteiger partial charge in [0.1, 0.15) is 12.1 Å². The molecule has 2 saturated carbocycles. The quantitative estimate of drug-likeness (QED) is 0.306. The Hall–Kier alpha value is -4.32. The Morgan fingerprint density at radius 1 is 1.06 bits per heavy atom. The molecule has 0 unspecified atom stereocenters. The Balaban J connectivity index is 1.25. The van der Waals surface area contributed by atoms with Crippen molar-refractivity contribution in [3.8, 4) is 0 Å². The van der Waals surface area contributed by atoms with Crippen LogP contribution in [0.3, 0.4) is 0 Å². The lowest BCUT2D eigenvalue weighted by molar-refractivity contribution is -0.145. The minimum absolute atomic E-state index is 0.0244. The topological polar surface area (TPSA) is 159 Å². The predicted octanol–water partition coefficient (Wildman–Crippen LogP) is 3.13. The van der Waals surface area contributed by atoms with Crippen molar-refractivity contribution in [1.82, 2.24) is 25.8 Å². The van der Waals surface area contributed by atoms with Crippen molar-refractivity contribution in [3.05, 3.63) is 64.9 Å². The molecule has 49 heavy (non-hydrogen) atoms. The highest BCUT2D eigenvalue weighted by Crippen LogP contribution is 2.47. The van der Waals surface area contributed by atoms with Crippen LogP contribution in [0.4, 0.5) is 0 Å². The third-order valence-electron chi connectivity index (χ3n) is 9.93. The first-order valence-electron chi connectivity index (χ1n) is 16.9. The van der Waals surface area contributed by atoms with Gasteiger partial charge >= 0.3 is 0 Å². The molecule has 2 aliphatic heterocycles. The van der Waals surface area contributed by atoms with E-state index < -0.39 is 52.6 Å². The molecular formula is C36H43ClN6O6. The van der Waals surface area contributed by atoms with E-state index in [-0.39, 0.29) is 36.6 Å². The number of halogens is 1. The molecule has 2 aromatic rings. The molecule has 3 fully saturated rings. The maximum absolute atomic E-state index is 14.6. The summed E-state index contributed by atoms with van der Waals surface area (Å²) in [7, 11) is 1.37. The van der Waals surface area contributed by atoms with E-state index >= 15 is 0 Å². The largest absolute Gasteiger partial charge is 0.387 e. The highest BCUT2D eigenvalue weighted by molar-refractivity contribution is 6.38. The minimum Gasteiger partial charge on any atom is -0.387 e. The molecule has 2 aliphatic carbocycles. The van der Waals surface area contributed by atoms with Gasteiger partial charge in [-0.1, -0.05) is 68.6 Å². The van der Waals surface area contributed by atoms with Crippen LogP contribution in [0.1, 0.15) is 76.5 Å². The third kappa shape index (κ3) is 7.64. The van der Waals surface area contributed by atoms with E-state index in [1.54, 1.807) is 18.3 Å². The van der Waals surface area contributed by atoms with Gasteiger partial charge in [0.2, 0.25) is 23.5 Å². The number of carbonyl (C=O) groups excluding carboxylic acids is 5. The zero-order valence-corrected chi connectivity index (χ0v) is 29.0. The number of nitrogens with one attached hydrogen (secondary N) is 3. The van der Waals surface area contributed by atoms with Crippen LogP contribution >= 0.6 is 11.6 Å². The SMILES string of the molecule is CNC(=O)C(=O)[C@H](CC1CC1)NC(=O)[C@@H]1C[C@]2(CC(c3cccc(Cl)c3)=NO2)CN1C(=O)[C@@H](NC(=O)[C@@H]1C[C@@H]1c1ccccn1)C(C)(C)C. The van der Waals surface area contributed by atoms with Crippen LogP contribution in [-0.2, 0) is 28.8 Å². The number of carbonyl (C=O) groups is 5. The van der Waals surface area contributed by atoms with Crippen molar-refractivity contribution >= 4 is 46.7 Å². The van der Waals surface area contributed by atoms with Gasteiger partial charge in [-0.3, -0.25) is 29.0 Å². The summed E-state index contributed by atoms with van der Waals surface area (Å²) in [4.78, 5) is 79.6. The van der Waals surface area contributed by atoms with Crippen LogP contribution in [0.2, 0.25) is 5.02 Å². The van der Waals surface area contributed by atoms with Gasteiger partial charge in [-0.25, -0.2) is 0 Å². The summed E-state index contributed by atoms with van der Waals surface area (Å²) in [5.74, 6) is -2.89. The molecule has 3 N–H and O–H groups in total. The van der Waals surface area contributed by atoms with Gasteiger partial charge in [0, 0.05) is 54.2 Å². The van der Waals surface area contributed by atoms with Crippen LogP contribution in [0.15, 0.2) is 53.8 Å². The zero-order chi connectivity index (χ0) is 35.1. The normalized spacial score (nSPS) is 25.5. The van der Waals surface area contributed by atoms with Crippen LogP contribution in [0.25, 0.3) is 0 Å². The molecule has 6 rings (SSSR count). The monoisotopic (exact) mass is 690 g/mol. The second-order valence-corrected chi connectivity index (χ2v) is 15.3. The standard InChI is InChI=1S/C36H43ClN6O6/c1-35(2,3)30(41-31(45)24-16-23(24)25-10-5-6-13-39-25)34(48)43-19-36(17-27(42-49-36)21-8-7-9-22(37)15-21)18-28(43)32(46)40-26(14-20-11-12-20)29(44)33(47)38-4/h5-10,13,15,20,23-24,26,28,30H,11-12,14,16-19H2,1-4H3,(H,38,47)(H,40,46)(H,41,45)/t23-,24+,26-,28-,30+,36+/m0/s1.